The number of aromatic nitrogens is 1. The Kier molecular flexibility index (Phi) is 5.38. The SMILES string of the molecule is NC(/N=c1\[nH]cc(-c2ccccc2)cc1-c1ccccc1)c1ccc(Cl)cc1. The van der Waals surface area contributed by atoms with Gasteiger partial charge in [0, 0.05) is 16.8 Å². The Balaban J connectivity index is 1.83. The Bertz CT molecular complexity index is 1120. The summed E-state index contributed by atoms with van der Waals surface area (Å²) in [5, 5.41) is 0.680. The van der Waals surface area contributed by atoms with E-state index < -0.39 is 6.17 Å². The van der Waals surface area contributed by atoms with Crippen LogP contribution < -0.4 is 11.2 Å². The highest BCUT2D eigenvalue weighted by molar-refractivity contribution is 6.30. The van der Waals surface area contributed by atoms with E-state index in [9.17, 15) is 0 Å². The lowest BCUT2D eigenvalue weighted by Gasteiger charge is -2.10. The fraction of sp³-hybridized carbons (Fsp3) is 0.0417. The summed E-state index contributed by atoms with van der Waals surface area (Å²) >= 11 is 5.98. The molecule has 4 heteroatoms. The Hall–Kier alpha value is -3.14. The molecular formula is C24H20ClN3. The maximum Gasteiger partial charge on any atom is 0.135 e. The van der Waals surface area contributed by atoms with E-state index in [2.05, 4.69) is 35.3 Å². The normalized spacial score (nSPS) is 12.7. The van der Waals surface area contributed by atoms with Gasteiger partial charge in [-0.05, 0) is 40.5 Å². The summed E-state index contributed by atoms with van der Waals surface area (Å²) < 4.78 is 0. The molecule has 28 heavy (non-hydrogen) atoms. The molecule has 1 aromatic heterocycles. The van der Waals surface area contributed by atoms with Gasteiger partial charge in [0.15, 0.2) is 0 Å². The zero-order valence-electron chi connectivity index (χ0n) is 15.2. The number of benzene rings is 3. The second-order valence-electron chi connectivity index (χ2n) is 6.51. The van der Waals surface area contributed by atoms with Crippen LogP contribution in [0.1, 0.15) is 11.7 Å². The molecule has 0 radical (unpaired) electrons. The highest BCUT2D eigenvalue weighted by atomic mass is 35.5. The van der Waals surface area contributed by atoms with Gasteiger partial charge in [0.25, 0.3) is 0 Å². The molecule has 3 nitrogen and oxygen atoms in total. The fourth-order valence-electron chi connectivity index (χ4n) is 3.10. The van der Waals surface area contributed by atoms with Crippen LogP contribution in [0.2, 0.25) is 5.02 Å². The zero-order valence-corrected chi connectivity index (χ0v) is 16.0. The molecular weight excluding hydrogens is 366 g/mol. The number of pyridine rings is 1. The third kappa shape index (κ3) is 4.06. The molecule has 1 atom stereocenters. The predicted molar refractivity (Wildman–Crippen MR) is 116 cm³/mol. The minimum Gasteiger partial charge on any atom is -0.346 e. The van der Waals surface area contributed by atoms with Crippen LogP contribution >= 0.6 is 11.6 Å². The van der Waals surface area contributed by atoms with Crippen molar-refractivity contribution in [2.24, 2.45) is 10.7 Å². The van der Waals surface area contributed by atoms with Crippen LogP contribution in [-0.4, -0.2) is 4.98 Å². The Labute approximate surface area is 169 Å². The molecule has 0 aliphatic carbocycles. The van der Waals surface area contributed by atoms with Crippen molar-refractivity contribution in [1.29, 1.82) is 0 Å². The van der Waals surface area contributed by atoms with Crippen molar-refractivity contribution < 1.29 is 0 Å². The third-order valence-electron chi connectivity index (χ3n) is 4.59. The van der Waals surface area contributed by atoms with E-state index in [1.807, 2.05) is 66.9 Å². The van der Waals surface area contributed by atoms with E-state index >= 15 is 0 Å². The summed E-state index contributed by atoms with van der Waals surface area (Å²) in [4.78, 5) is 8.09. The van der Waals surface area contributed by atoms with Gasteiger partial charge in [-0.25, -0.2) is 4.99 Å². The minimum absolute atomic E-state index is 0.487. The molecule has 0 saturated heterocycles. The molecule has 0 fully saturated rings. The molecule has 1 heterocycles. The first-order chi connectivity index (χ1) is 13.7. The molecule has 0 bridgehead atoms. The minimum atomic E-state index is -0.487. The smallest absolute Gasteiger partial charge is 0.135 e. The van der Waals surface area contributed by atoms with Gasteiger partial charge < -0.3 is 10.7 Å². The summed E-state index contributed by atoms with van der Waals surface area (Å²) in [7, 11) is 0. The Morgan fingerprint density at radius 3 is 2.00 bits per heavy atom. The first-order valence-corrected chi connectivity index (χ1v) is 9.47. The number of H-pyrrole nitrogens is 1. The monoisotopic (exact) mass is 385 g/mol. The molecule has 0 spiro atoms. The summed E-state index contributed by atoms with van der Waals surface area (Å²) in [6.07, 6.45) is 1.48. The lowest BCUT2D eigenvalue weighted by molar-refractivity contribution is 0.739. The van der Waals surface area contributed by atoms with Crippen molar-refractivity contribution in [3.63, 3.8) is 0 Å². The zero-order chi connectivity index (χ0) is 19.3. The highest BCUT2D eigenvalue weighted by Crippen LogP contribution is 2.23. The number of nitrogens with zero attached hydrogens (tertiary/aromatic N) is 1. The standard InChI is InChI=1S/C24H20ClN3/c25-21-13-11-19(12-14-21)23(26)28-24-22(18-9-5-2-6-10-18)15-20(16-27-24)17-7-3-1-4-8-17/h1-16,23H,26H2,(H,27,28). The van der Waals surface area contributed by atoms with Crippen molar-refractivity contribution in [2.75, 3.05) is 0 Å². The molecule has 0 amide bonds. The number of nitrogens with two attached hydrogens (primary N) is 1. The highest BCUT2D eigenvalue weighted by Gasteiger charge is 2.08. The molecule has 4 aromatic rings. The number of rotatable bonds is 4. The maximum atomic E-state index is 6.34. The largest absolute Gasteiger partial charge is 0.346 e. The fourth-order valence-corrected chi connectivity index (χ4v) is 3.23. The van der Waals surface area contributed by atoms with Crippen LogP contribution in [0, 0.1) is 0 Å². The van der Waals surface area contributed by atoms with Gasteiger partial charge in [0.2, 0.25) is 0 Å². The predicted octanol–water partition coefficient (Wildman–Crippen LogP) is 5.56. The van der Waals surface area contributed by atoms with Crippen molar-refractivity contribution >= 4 is 11.6 Å². The van der Waals surface area contributed by atoms with Gasteiger partial charge in [0.05, 0.1) is 0 Å². The Morgan fingerprint density at radius 1 is 0.750 bits per heavy atom. The average molecular weight is 386 g/mol. The molecule has 3 aromatic carbocycles. The first-order valence-electron chi connectivity index (χ1n) is 9.09. The molecule has 0 aliphatic heterocycles. The van der Waals surface area contributed by atoms with E-state index in [1.165, 1.54) is 0 Å². The molecule has 0 saturated carbocycles. The number of hydrogen-bond donors (Lipinski definition) is 2. The summed E-state index contributed by atoms with van der Waals surface area (Å²) in [5.74, 6) is 0. The van der Waals surface area contributed by atoms with Crippen LogP contribution in [0.15, 0.2) is 102 Å². The average Bonchev–Trinajstić information content (AvgIpc) is 2.75. The Morgan fingerprint density at radius 2 is 1.36 bits per heavy atom. The van der Waals surface area contributed by atoms with Crippen molar-refractivity contribution in [3.05, 3.63) is 113 Å². The van der Waals surface area contributed by atoms with Crippen molar-refractivity contribution in [1.82, 2.24) is 4.98 Å². The summed E-state index contributed by atoms with van der Waals surface area (Å²) in [6.45, 7) is 0. The van der Waals surface area contributed by atoms with Crippen molar-refractivity contribution in [3.8, 4) is 22.3 Å². The van der Waals surface area contributed by atoms with Crippen LogP contribution in [0.5, 0.6) is 0 Å². The topological polar surface area (TPSA) is 54.2 Å². The van der Waals surface area contributed by atoms with Gasteiger partial charge in [-0.1, -0.05) is 84.4 Å². The molecule has 1 unspecified atom stereocenters. The number of aromatic amines is 1. The summed E-state index contributed by atoms with van der Waals surface area (Å²) in [5.41, 5.74) is 12.3. The van der Waals surface area contributed by atoms with Gasteiger partial charge >= 0.3 is 0 Å². The van der Waals surface area contributed by atoms with Crippen LogP contribution in [0.25, 0.3) is 22.3 Å². The van der Waals surface area contributed by atoms with E-state index in [-0.39, 0.29) is 0 Å². The van der Waals surface area contributed by atoms with Gasteiger partial charge in [-0.15, -0.1) is 0 Å². The van der Waals surface area contributed by atoms with Crippen molar-refractivity contribution in [2.45, 2.75) is 6.17 Å². The molecule has 138 valence electrons. The number of halogens is 1. The van der Waals surface area contributed by atoms with Crippen LogP contribution in [-0.2, 0) is 0 Å². The number of nitrogens with one attached hydrogen (secondary N) is 1. The van der Waals surface area contributed by atoms with E-state index in [0.29, 0.717) is 5.02 Å². The third-order valence-corrected chi connectivity index (χ3v) is 4.84. The van der Waals surface area contributed by atoms with Crippen LogP contribution in [0.4, 0.5) is 0 Å². The molecule has 3 N–H and O–H groups in total. The molecule has 0 aliphatic rings. The second kappa shape index (κ2) is 8.26. The van der Waals surface area contributed by atoms with E-state index in [4.69, 9.17) is 22.3 Å². The second-order valence-corrected chi connectivity index (χ2v) is 6.94. The molecule has 4 rings (SSSR count). The van der Waals surface area contributed by atoms with Gasteiger partial charge in [-0.2, -0.15) is 0 Å². The van der Waals surface area contributed by atoms with Gasteiger partial charge in [-0.3, -0.25) is 0 Å². The quantitative estimate of drug-likeness (QED) is 0.474. The van der Waals surface area contributed by atoms with Crippen LogP contribution in [0.3, 0.4) is 0 Å². The number of hydrogen-bond acceptors (Lipinski definition) is 2. The van der Waals surface area contributed by atoms with Gasteiger partial charge in [0.1, 0.15) is 11.7 Å². The van der Waals surface area contributed by atoms with E-state index in [0.717, 1.165) is 33.3 Å². The lowest BCUT2D eigenvalue weighted by Crippen LogP contribution is -2.17. The maximum absolute atomic E-state index is 6.34. The summed E-state index contributed by atoms with van der Waals surface area (Å²) in [6, 6.07) is 30.1. The lowest BCUT2D eigenvalue weighted by atomic mass is 10.0. The first kappa shape index (κ1) is 18.2. The van der Waals surface area contributed by atoms with E-state index in [1.54, 1.807) is 0 Å².